The van der Waals surface area contributed by atoms with Crippen LogP contribution in [0.25, 0.3) is 0 Å². The minimum atomic E-state index is 0.274. The van der Waals surface area contributed by atoms with E-state index in [-0.39, 0.29) is 6.61 Å². The van der Waals surface area contributed by atoms with Crippen molar-refractivity contribution in [2.75, 3.05) is 20.2 Å². The van der Waals surface area contributed by atoms with E-state index in [2.05, 4.69) is 32.7 Å². The summed E-state index contributed by atoms with van der Waals surface area (Å²) < 4.78 is 0. The van der Waals surface area contributed by atoms with Crippen LogP contribution in [0.3, 0.4) is 0 Å². The lowest BCUT2D eigenvalue weighted by molar-refractivity contribution is 0.0364. The maximum Gasteiger partial charge on any atom is 0.0558 e. The first-order chi connectivity index (χ1) is 7.49. The SMILES string of the molecule is CC1CCCCCC(C)(C)C1N(C)CCO. The smallest absolute Gasteiger partial charge is 0.0558 e. The number of nitrogens with zero attached hydrogens (tertiary/aromatic N) is 1. The minimum Gasteiger partial charge on any atom is -0.395 e. The first kappa shape index (κ1) is 14.0. The van der Waals surface area contributed by atoms with E-state index in [9.17, 15) is 0 Å². The quantitative estimate of drug-likeness (QED) is 0.801. The number of hydrogen-bond donors (Lipinski definition) is 1. The van der Waals surface area contributed by atoms with Crippen molar-refractivity contribution in [1.29, 1.82) is 0 Å². The fraction of sp³-hybridized carbons (Fsp3) is 1.00. The van der Waals surface area contributed by atoms with Crippen LogP contribution in [-0.4, -0.2) is 36.2 Å². The summed E-state index contributed by atoms with van der Waals surface area (Å²) in [6.07, 6.45) is 6.79. The van der Waals surface area contributed by atoms with Crippen molar-refractivity contribution in [1.82, 2.24) is 4.90 Å². The van der Waals surface area contributed by atoms with Crippen LogP contribution >= 0.6 is 0 Å². The fourth-order valence-electron chi connectivity index (χ4n) is 3.63. The van der Waals surface area contributed by atoms with Crippen LogP contribution in [0.2, 0.25) is 0 Å². The van der Waals surface area contributed by atoms with Gasteiger partial charge in [-0.15, -0.1) is 0 Å². The molecule has 0 aromatic heterocycles. The molecule has 0 aliphatic heterocycles. The van der Waals surface area contributed by atoms with E-state index in [0.717, 1.165) is 12.5 Å². The molecule has 2 heteroatoms. The van der Waals surface area contributed by atoms with Crippen molar-refractivity contribution in [3.05, 3.63) is 0 Å². The summed E-state index contributed by atoms with van der Waals surface area (Å²) >= 11 is 0. The molecule has 1 aliphatic rings. The van der Waals surface area contributed by atoms with E-state index >= 15 is 0 Å². The first-order valence-electron chi connectivity index (χ1n) is 6.80. The van der Waals surface area contributed by atoms with Gasteiger partial charge < -0.3 is 10.0 Å². The molecule has 1 aliphatic carbocycles. The normalized spacial score (nSPS) is 31.1. The second-order valence-electron chi connectivity index (χ2n) is 6.21. The highest BCUT2D eigenvalue weighted by Crippen LogP contribution is 2.38. The van der Waals surface area contributed by atoms with Gasteiger partial charge >= 0.3 is 0 Å². The van der Waals surface area contributed by atoms with Crippen LogP contribution in [0.1, 0.15) is 52.9 Å². The summed E-state index contributed by atoms with van der Waals surface area (Å²) in [4.78, 5) is 2.37. The fourth-order valence-corrected chi connectivity index (χ4v) is 3.63. The van der Waals surface area contributed by atoms with E-state index < -0.39 is 0 Å². The lowest BCUT2D eigenvalue weighted by atomic mass is 9.70. The molecule has 0 amide bonds. The number of hydrogen-bond acceptors (Lipinski definition) is 2. The third-order valence-corrected chi connectivity index (χ3v) is 4.25. The van der Waals surface area contributed by atoms with Gasteiger partial charge in [0.05, 0.1) is 6.61 Å². The Morgan fingerprint density at radius 3 is 2.56 bits per heavy atom. The second kappa shape index (κ2) is 6.02. The van der Waals surface area contributed by atoms with Crippen LogP contribution < -0.4 is 0 Å². The highest BCUT2D eigenvalue weighted by atomic mass is 16.3. The topological polar surface area (TPSA) is 23.5 Å². The Balaban J connectivity index is 2.77. The summed E-state index contributed by atoms with van der Waals surface area (Å²) in [5.74, 6) is 0.742. The van der Waals surface area contributed by atoms with Crippen molar-refractivity contribution in [2.24, 2.45) is 11.3 Å². The molecule has 0 bridgehead atoms. The molecule has 1 fully saturated rings. The van der Waals surface area contributed by atoms with Gasteiger partial charge in [0.1, 0.15) is 0 Å². The number of aliphatic hydroxyl groups is 1. The lowest BCUT2D eigenvalue weighted by Gasteiger charge is -2.45. The first-order valence-corrected chi connectivity index (χ1v) is 6.80. The van der Waals surface area contributed by atoms with Crippen molar-refractivity contribution < 1.29 is 5.11 Å². The van der Waals surface area contributed by atoms with Gasteiger partial charge in [0.15, 0.2) is 0 Å². The standard InChI is InChI=1S/C14H29NO/c1-12-8-6-5-7-9-14(2,3)13(12)15(4)10-11-16/h12-13,16H,5-11H2,1-4H3. The third-order valence-electron chi connectivity index (χ3n) is 4.25. The Morgan fingerprint density at radius 2 is 1.94 bits per heavy atom. The van der Waals surface area contributed by atoms with Crippen molar-refractivity contribution in [3.63, 3.8) is 0 Å². The van der Waals surface area contributed by atoms with E-state index in [1.54, 1.807) is 0 Å². The molecule has 1 N–H and O–H groups in total. The summed E-state index contributed by atoms with van der Waals surface area (Å²) in [5.41, 5.74) is 0.379. The molecule has 0 aromatic rings. The number of likely N-dealkylation sites (N-methyl/N-ethyl adjacent to an activating group) is 1. The minimum absolute atomic E-state index is 0.274. The molecule has 1 saturated carbocycles. The Bertz CT molecular complexity index is 199. The molecule has 2 unspecified atom stereocenters. The third kappa shape index (κ3) is 3.46. The molecule has 0 radical (unpaired) electrons. The Labute approximate surface area is 101 Å². The zero-order valence-corrected chi connectivity index (χ0v) is 11.5. The van der Waals surface area contributed by atoms with Crippen LogP contribution in [0, 0.1) is 11.3 Å². The van der Waals surface area contributed by atoms with Gasteiger partial charge in [-0.05, 0) is 31.2 Å². The van der Waals surface area contributed by atoms with Crippen LogP contribution in [0.5, 0.6) is 0 Å². The molecule has 0 heterocycles. The Kier molecular flexibility index (Phi) is 5.26. The lowest BCUT2D eigenvalue weighted by Crippen LogP contribution is -2.48. The highest BCUT2D eigenvalue weighted by Gasteiger charge is 2.36. The van der Waals surface area contributed by atoms with Crippen molar-refractivity contribution >= 4 is 0 Å². The molecule has 2 atom stereocenters. The molecule has 0 aromatic carbocycles. The largest absolute Gasteiger partial charge is 0.395 e. The Hall–Kier alpha value is -0.0800. The summed E-state index contributed by atoms with van der Waals surface area (Å²) in [7, 11) is 2.17. The molecule has 2 nitrogen and oxygen atoms in total. The van der Waals surface area contributed by atoms with Crippen LogP contribution in [0.4, 0.5) is 0 Å². The van der Waals surface area contributed by atoms with Gasteiger partial charge in [-0.25, -0.2) is 0 Å². The zero-order valence-electron chi connectivity index (χ0n) is 11.5. The van der Waals surface area contributed by atoms with Gasteiger partial charge in [0.25, 0.3) is 0 Å². The van der Waals surface area contributed by atoms with Gasteiger partial charge in [-0.2, -0.15) is 0 Å². The van der Waals surface area contributed by atoms with E-state index in [1.807, 2.05) is 0 Å². The molecule has 16 heavy (non-hydrogen) atoms. The average Bonchev–Trinajstić information content (AvgIpc) is 2.15. The van der Waals surface area contributed by atoms with E-state index in [1.165, 1.54) is 32.1 Å². The van der Waals surface area contributed by atoms with E-state index in [0.29, 0.717) is 11.5 Å². The zero-order chi connectivity index (χ0) is 12.2. The van der Waals surface area contributed by atoms with Crippen LogP contribution in [0.15, 0.2) is 0 Å². The molecule has 96 valence electrons. The average molecular weight is 227 g/mol. The highest BCUT2D eigenvalue weighted by molar-refractivity contribution is 4.90. The monoisotopic (exact) mass is 227 g/mol. The molecule has 0 saturated heterocycles. The molecular weight excluding hydrogens is 198 g/mol. The summed E-state index contributed by atoms with van der Waals surface area (Å²) in [5, 5.41) is 9.11. The predicted octanol–water partition coefficient (Wildman–Crippen LogP) is 2.91. The van der Waals surface area contributed by atoms with Crippen molar-refractivity contribution in [2.45, 2.75) is 58.9 Å². The maximum atomic E-state index is 9.11. The maximum absolute atomic E-state index is 9.11. The van der Waals surface area contributed by atoms with Crippen molar-refractivity contribution in [3.8, 4) is 0 Å². The van der Waals surface area contributed by atoms with Crippen LogP contribution in [-0.2, 0) is 0 Å². The Morgan fingerprint density at radius 1 is 1.25 bits per heavy atom. The summed E-state index contributed by atoms with van der Waals surface area (Å²) in [6.45, 7) is 8.25. The molecular formula is C14H29NO. The summed E-state index contributed by atoms with van der Waals surface area (Å²) in [6, 6.07) is 0.611. The number of rotatable bonds is 3. The number of aliphatic hydroxyl groups excluding tert-OH is 1. The predicted molar refractivity (Wildman–Crippen MR) is 69.5 cm³/mol. The van der Waals surface area contributed by atoms with Gasteiger partial charge in [-0.1, -0.05) is 40.0 Å². The molecule has 0 spiro atoms. The second-order valence-corrected chi connectivity index (χ2v) is 6.21. The van der Waals surface area contributed by atoms with E-state index in [4.69, 9.17) is 5.11 Å². The van der Waals surface area contributed by atoms with Gasteiger partial charge in [-0.3, -0.25) is 0 Å². The van der Waals surface area contributed by atoms with Gasteiger partial charge in [0, 0.05) is 12.6 Å². The van der Waals surface area contributed by atoms with Gasteiger partial charge in [0.2, 0.25) is 0 Å². The molecule has 1 rings (SSSR count).